The number of amides is 2. The van der Waals surface area contributed by atoms with Crippen molar-refractivity contribution in [2.75, 3.05) is 13.1 Å². The molecule has 2 amide bonds. The van der Waals surface area contributed by atoms with E-state index in [4.69, 9.17) is 0 Å². The van der Waals surface area contributed by atoms with Crippen LogP contribution in [-0.2, 0) is 9.59 Å². The predicted octanol–water partition coefficient (Wildman–Crippen LogP) is 2.82. The minimum Gasteiger partial charge on any atom is -0.349 e. The Bertz CT molecular complexity index is 617. The Kier molecular flexibility index (Phi) is 4.97. The van der Waals surface area contributed by atoms with E-state index in [9.17, 15) is 14.0 Å². The van der Waals surface area contributed by atoms with Crippen molar-refractivity contribution in [1.82, 2.24) is 10.2 Å². The zero-order chi connectivity index (χ0) is 17.1. The van der Waals surface area contributed by atoms with Gasteiger partial charge in [0.25, 0.3) is 0 Å². The van der Waals surface area contributed by atoms with Crippen molar-refractivity contribution in [2.24, 2.45) is 11.8 Å². The van der Waals surface area contributed by atoms with E-state index in [0.29, 0.717) is 31.8 Å². The first kappa shape index (κ1) is 16.7. The van der Waals surface area contributed by atoms with Crippen LogP contribution in [0.2, 0.25) is 0 Å². The second kappa shape index (κ2) is 7.16. The lowest BCUT2D eigenvalue weighted by molar-refractivity contribution is -0.132. The maximum absolute atomic E-state index is 13.1. The van der Waals surface area contributed by atoms with Gasteiger partial charge in [0.1, 0.15) is 5.82 Å². The lowest BCUT2D eigenvalue weighted by atomic mass is 9.94. The standard InChI is InChI=1S/C19H23FN2O2/c1-2-17(23)22-11-9-15(10-12-22)19(24)21-18(13-3-4-13)14-5-7-16(20)8-6-14/h2,5-8,13,15,18H,1,3-4,9-12H2,(H,21,24). The first-order chi connectivity index (χ1) is 11.6. The van der Waals surface area contributed by atoms with E-state index < -0.39 is 0 Å². The minimum atomic E-state index is -0.265. The van der Waals surface area contributed by atoms with Gasteiger partial charge in [0.15, 0.2) is 0 Å². The Morgan fingerprint density at radius 2 is 1.79 bits per heavy atom. The highest BCUT2D eigenvalue weighted by atomic mass is 19.1. The average molecular weight is 330 g/mol. The van der Waals surface area contributed by atoms with Crippen molar-refractivity contribution in [3.63, 3.8) is 0 Å². The second-order valence-electron chi connectivity index (χ2n) is 6.68. The number of hydrogen-bond donors (Lipinski definition) is 1. The molecule has 1 N–H and O–H groups in total. The summed E-state index contributed by atoms with van der Waals surface area (Å²) in [6.45, 7) is 4.68. The number of nitrogens with zero attached hydrogens (tertiary/aromatic N) is 1. The van der Waals surface area contributed by atoms with Crippen molar-refractivity contribution in [1.29, 1.82) is 0 Å². The van der Waals surface area contributed by atoms with E-state index >= 15 is 0 Å². The van der Waals surface area contributed by atoms with Crippen molar-refractivity contribution in [3.8, 4) is 0 Å². The van der Waals surface area contributed by atoms with Crippen LogP contribution in [0, 0.1) is 17.7 Å². The van der Waals surface area contributed by atoms with Gasteiger partial charge < -0.3 is 10.2 Å². The largest absolute Gasteiger partial charge is 0.349 e. The summed E-state index contributed by atoms with van der Waals surface area (Å²) in [5.74, 6) is 0.0826. The Balaban J connectivity index is 1.59. The maximum Gasteiger partial charge on any atom is 0.245 e. The molecule has 128 valence electrons. The molecule has 24 heavy (non-hydrogen) atoms. The molecule has 0 radical (unpaired) electrons. The summed E-state index contributed by atoms with van der Waals surface area (Å²) in [5, 5.41) is 3.16. The Morgan fingerprint density at radius 3 is 2.33 bits per heavy atom. The summed E-state index contributed by atoms with van der Waals surface area (Å²) in [4.78, 5) is 26.0. The molecule has 0 bridgehead atoms. The van der Waals surface area contributed by atoms with E-state index in [1.165, 1.54) is 18.2 Å². The maximum atomic E-state index is 13.1. The molecule has 0 aromatic heterocycles. The van der Waals surface area contributed by atoms with Crippen LogP contribution in [0.3, 0.4) is 0 Å². The quantitative estimate of drug-likeness (QED) is 0.844. The van der Waals surface area contributed by atoms with Crippen molar-refractivity contribution in [3.05, 3.63) is 48.3 Å². The van der Waals surface area contributed by atoms with Crippen molar-refractivity contribution >= 4 is 11.8 Å². The fraction of sp³-hybridized carbons (Fsp3) is 0.474. The summed E-state index contributed by atoms with van der Waals surface area (Å²) < 4.78 is 13.1. The third-order valence-corrected chi connectivity index (χ3v) is 4.97. The van der Waals surface area contributed by atoms with Gasteiger partial charge in [-0.2, -0.15) is 0 Å². The van der Waals surface area contributed by atoms with E-state index in [0.717, 1.165) is 18.4 Å². The highest BCUT2D eigenvalue weighted by Gasteiger charge is 2.35. The Morgan fingerprint density at radius 1 is 1.17 bits per heavy atom. The monoisotopic (exact) mass is 330 g/mol. The SMILES string of the molecule is C=CC(=O)N1CCC(C(=O)NC(c2ccc(F)cc2)C2CC2)CC1. The number of benzene rings is 1. The molecule has 1 unspecified atom stereocenters. The highest BCUT2D eigenvalue weighted by Crippen LogP contribution is 2.41. The molecule has 1 heterocycles. The number of carbonyl (C=O) groups is 2. The van der Waals surface area contributed by atoms with Crippen molar-refractivity contribution < 1.29 is 14.0 Å². The van der Waals surface area contributed by atoms with Gasteiger partial charge in [-0.05, 0) is 55.4 Å². The number of likely N-dealkylation sites (tertiary alicyclic amines) is 1. The summed E-state index contributed by atoms with van der Waals surface area (Å²) in [7, 11) is 0. The molecule has 3 rings (SSSR count). The molecular weight excluding hydrogens is 307 g/mol. The molecule has 1 atom stereocenters. The number of carbonyl (C=O) groups excluding carboxylic acids is 2. The molecule has 4 nitrogen and oxygen atoms in total. The van der Waals surface area contributed by atoms with E-state index in [1.54, 1.807) is 17.0 Å². The van der Waals surface area contributed by atoms with Gasteiger partial charge in [-0.3, -0.25) is 9.59 Å². The topological polar surface area (TPSA) is 49.4 Å². The smallest absolute Gasteiger partial charge is 0.245 e. The molecule has 1 saturated carbocycles. The molecule has 1 aliphatic heterocycles. The average Bonchev–Trinajstić information content (AvgIpc) is 3.45. The van der Waals surface area contributed by atoms with Crippen LogP contribution < -0.4 is 5.32 Å². The third kappa shape index (κ3) is 3.83. The summed E-state index contributed by atoms with van der Waals surface area (Å²) in [6.07, 6.45) is 4.85. The predicted molar refractivity (Wildman–Crippen MR) is 89.5 cm³/mol. The van der Waals surface area contributed by atoms with Crippen LogP contribution in [0.15, 0.2) is 36.9 Å². The van der Waals surface area contributed by atoms with E-state index in [1.807, 2.05) is 0 Å². The number of hydrogen-bond acceptors (Lipinski definition) is 2. The lowest BCUT2D eigenvalue weighted by Gasteiger charge is -2.31. The first-order valence-corrected chi connectivity index (χ1v) is 8.55. The molecule has 0 spiro atoms. The second-order valence-corrected chi connectivity index (χ2v) is 6.68. The fourth-order valence-electron chi connectivity index (χ4n) is 3.34. The van der Waals surface area contributed by atoms with E-state index in [2.05, 4.69) is 11.9 Å². The number of halogens is 1. The van der Waals surface area contributed by atoms with Crippen LogP contribution in [0.25, 0.3) is 0 Å². The minimum absolute atomic E-state index is 0.0362. The number of rotatable bonds is 5. The molecule has 1 aromatic carbocycles. The fourth-order valence-corrected chi connectivity index (χ4v) is 3.34. The van der Waals surface area contributed by atoms with Gasteiger partial charge in [0.05, 0.1) is 6.04 Å². The van der Waals surface area contributed by atoms with Gasteiger partial charge in [0, 0.05) is 19.0 Å². The molecule has 2 fully saturated rings. The van der Waals surface area contributed by atoms with Crippen LogP contribution in [0.1, 0.15) is 37.3 Å². The van der Waals surface area contributed by atoms with Gasteiger partial charge in [-0.1, -0.05) is 18.7 Å². The molecule has 1 aromatic rings. The molecular formula is C19H23FN2O2. The van der Waals surface area contributed by atoms with Crippen LogP contribution in [0.4, 0.5) is 4.39 Å². The summed E-state index contributed by atoms with van der Waals surface area (Å²) >= 11 is 0. The molecule has 2 aliphatic rings. The lowest BCUT2D eigenvalue weighted by Crippen LogP contribution is -2.43. The van der Waals surface area contributed by atoms with Gasteiger partial charge >= 0.3 is 0 Å². The molecule has 5 heteroatoms. The van der Waals surface area contributed by atoms with Gasteiger partial charge in [-0.25, -0.2) is 4.39 Å². The molecule has 1 saturated heterocycles. The zero-order valence-electron chi connectivity index (χ0n) is 13.7. The third-order valence-electron chi connectivity index (χ3n) is 4.97. The first-order valence-electron chi connectivity index (χ1n) is 8.55. The van der Waals surface area contributed by atoms with Crippen LogP contribution in [-0.4, -0.2) is 29.8 Å². The number of nitrogens with one attached hydrogen (secondary N) is 1. The van der Waals surface area contributed by atoms with E-state index in [-0.39, 0.29) is 29.6 Å². The Labute approximate surface area is 141 Å². The summed E-state index contributed by atoms with van der Waals surface area (Å²) in [5.41, 5.74) is 0.964. The van der Waals surface area contributed by atoms with Crippen molar-refractivity contribution in [2.45, 2.75) is 31.7 Å². The van der Waals surface area contributed by atoms with Crippen LogP contribution in [0.5, 0.6) is 0 Å². The Hall–Kier alpha value is -2.17. The van der Waals surface area contributed by atoms with Gasteiger partial charge in [0.2, 0.25) is 11.8 Å². The number of piperidine rings is 1. The highest BCUT2D eigenvalue weighted by molar-refractivity contribution is 5.87. The van der Waals surface area contributed by atoms with Crippen LogP contribution >= 0.6 is 0 Å². The normalized spacial score (nSPS) is 19.6. The molecule has 1 aliphatic carbocycles. The van der Waals surface area contributed by atoms with Gasteiger partial charge in [-0.15, -0.1) is 0 Å². The summed E-state index contributed by atoms with van der Waals surface area (Å²) in [6, 6.07) is 6.35. The zero-order valence-corrected chi connectivity index (χ0v) is 13.7.